The summed E-state index contributed by atoms with van der Waals surface area (Å²) in [6.45, 7) is 0. The second-order valence-electron chi connectivity index (χ2n) is 3.94. The molecule has 2 aromatic rings. The minimum Gasteiger partial charge on any atom is -0.259 e. The highest BCUT2D eigenvalue weighted by molar-refractivity contribution is 7.19. The number of pyridine rings is 1. The van der Waals surface area contributed by atoms with Crippen molar-refractivity contribution in [2.24, 2.45) is 0 Å². The lowest BCUT2D eigenvalue weighted by atomic mass is 10.1. The van der Waals surface area contributed by atoms with Crippen LogP contribution in [0.2, 0.25) is 0 Å². The fraction of sp³-hybridized carbons (Fsp3) is 0.167. The first-order valence-corrected chi connectivity index (χ1v) is 6.33. The summed E-state index contributed by atoms with van der Waals surface area (Å²) in [7, 11) is 0. The number of nitrogens with zero attached hydrogens (tertiary/aromatic N) is 3. The topological polar surface area (TPSA) is 68.9 Å². The molecule has 0 aliphatic heterocycles. The molecule has 2 aromatic heterocycles. The monoisotopic (exact) mass is 259 g/mol. The van der Waals surface area contributed by atoms with E-state index in [2.05, 4.69) is 9.97 Å². The van der Waals surface area contributed by atoms with Crippen LogP contribution in [0, 0.1) is 10.1 Å². The Kier molecular flexibility index (Phi) is 2.64. The molecule has 90 valence electrons. The maximum atomic E-state index is 10.8. The summed E-state index contributed by atoms with van der Waals surface area (Å²) in [5.74, 6) is 0. The molecular weight excluding hydrogens is 250 g/mol. The second kappa shape index (κ2) is 4.30. The maximum Gasteiger partial charge on any atom is 0.247 e. The third-order valence-corrected chi connectivity index (χ3v) is 3.79. The largest absolute Gasteiger partial charge is 0.259 e. The van der Waals surface area contributed by atoms with Gasteiger partial charge >= 0.3 is 0 Å². The molecule has 2 heterocycles. The Morgan fingerprint density at radius 3 is 3.11 bits per heavy atom. The summed E-state index contributed by atoms with van der Waals surface area (Å²) >= 11 is 1.51. The average Bonchev–Trinajstić information content (AvgIpc) is 2.82. The number of hydrogen-bond acceptors (Lipinski definition) is 5. The average molecular weight is 259 g/mol. The molecule has 18 heavy (non-hydrogen) atoms. The molecule has 1 aliphatic rings. The highest BCUT2D eigenvalue weighted by Gasteiger charge is 2.18. The van der Waals surface area contributed by atoms with Crippen LogP contribution in [0.1, 0.15) is 17.8 Å². The predicted octanol–water partition coefficient (Wildman–Crippen LogP) is 3.03. The van der Waals surface area contributed by atoms with Crippen molar-refractivity contribution in [2.75, 3.05) is 0 Å². The van der Waals surface area contributed by atoms with E-state index in [1.807, 2.05) is 18.2 Å². The zero-order chi connectivity index (χ0) is 12.5. The third-order valence-electron chi connectivity index (χ3n) is 2.73. The van der Waals surface area contributed by atoms with Crippen molar-refractivity contribution in [3.8, 4) is 0 Å². The zero-order valence-corrected chi connectivity index (χ0v) is 10.2. The Morgan fingerprint density at radius 2 is 2.33 bits per heavy atom. The molecule has 0 atom stereocenters. The lowest BCUT2D eigenvalue weighted by Gasteiger charge is -2.05. The van der Waals surface area contributed by atoms with Crippen molar-refractivity contribution in [1.82, 2.24) is 9.97 Å². The Morgan fingerprint density at radius 1 is 1.44 bits per heavy atom. The lowest BCUT2D eigenvalue weighted by Crippen LogP contribution is -2.02. The molecule has 0 aromatic carbocycles. The molecule has 0 saturated heterocycles. The molecule has 3 rings (SSSR count). The van der Waals surface area contributed by atoms with Gasteiger partial charge in [0.25, 0.3) is 0 Å². The molecule has 0 radical (unpaired) electrons. The molecule has 0 amide bonds. The first kappa shape index (κ1) is 11.0. The minimum absolute atomic E-state index is 0.250. The van der Waals surface area contributed by atoms with Crippen molar-refractivity contribution in [2.45, 2.75) is 12.8 Å². The van der Waals surface area contributed by atoms with Gasteiger partial charge in [-0.05, 0) is 18.6 Å². The summed E-state index contributed by atoms with van der Waals surface area (Å²) in [5.41, 5.74) is 1.77. The molecule has 1 aliphatic carbocycles. The van der Waals surface area contributed by atoms with Crippen LogP contribution in [-0.4, -0.2) is 14.9 Å². The van der Waals surface area contributed by atoms with E-state index < -0.39 is 0 Å². The Bertz CT molecular complexity index is 654. The molecule has 0 fully saturated rings. The SMILES string of the molecule is O=[N+]([O-])C1=CC(c2nc3ncccc3s2)=CCC1. The van der Waals surface area contributed by atoms with Gasteiger partial charge in [0.2, 0.25) is 5.70 Å². The van der Waals surface area contributed by atoms with E-state index >= 15 is 0 Å². The molecule has 0 bridgehead atoms. The van der Waals surface area contributed by atoms with Gasteiger partial charge in [-0.2, -0.15) is 0 Å². The van der Waals surface area contributed by atoms with Crippen molar-refractivity contribution >= 4 is 27.3 Å². The van der Waals surface area contributed by atoms with Crippen molar-refractivity contribution < 1.29 is 4.92 Å². The van der Waals surface area contributed by atoms with E-state index in [1.54, 1.807) is 12.3 Å². The first-order valence-electron chi connectivity index (χ1n) is 5.51. The molecule has 5 nitrogen and oxygen atoms in total. The van der Waals surface area contributed by atoms with Gasteiger partial charge in [0.15, 0.2) is 5.65 Å². The first-order chi connectivity index (χ1) is 8.74. The number of aromatic nitrogens is 2. The Labute approximate surface area is 107 Å². The quantitative estimate of drug-likeness (QED) is 0.614. The summed E-state index contributed by atoms with van der Waals surface area (Å²) in [6, 6.07) is 3.81. The maximum absolute atomic E-state index is 10.8. The number of nitro groups is 1. The second-order valence-corrected chi connectivity index (χ2v) is 4.97. The van der Waals surface area contributed by atoms with Crippen LogP contribution in [0.3, 0.4) is 0 Å². The van der Waals surface area contributed by atoms with Gasteiger partial charge in [-0.1, -0.05) is 6.08 Å². The van der Waals surface area contributed by atoms with E-state index in [0.29, 0.717) is 18.5 Å². The summed E-state index contributed by atoms with van der Waals surface area (Å²) < 4.78 is 0.995. The molecule has 0 saturated carbocycles. The zero-order valence-electron chi connectivity index (χ0n) is 9.37. The van der Waals surface area contributed by atoms with E-state index in [9.17, 15) is 10.1 Å². The molecule has 0 N–H and O–H groups in total. The molecule has 0 spiro atoms. The molecule has 0 unspecified atom stereocenters. The fourth-order valence-electron chi connectivity index (χ4n) is 1.87. The molecular formula is C12H9N3O2S. The van der Waals surface area contributed by atoms with Crippen LogP contribution in [0.5, 0.6) is 0 Å². The molecule has 6 heteroatoms. The van der Waals surface area contributed by atoms with Gasteiger partial charge in [0, 0.05) is 24.3 Å². The standard InChI is InChI=1S/C12H9N3O2S/c16-15(17)9-4-1-3-8(7-9)12-14-11-10(18-12)5-2-6-13-11/h2-3,5-7H,1,4H2. The predicted molar refractivity (Wildman–Crippen MR) is 69.7 cm³/mol. The Balaban J connectivity index is 2.04. The Hall–Kier alpha value is -2.08. The number of hydrogen-bond donors (Lipinski definition) is 0. The van der Waals surface area contributed by atoms with Crippen LogP contribution in [-0.2, 0) is 0 Å². The van der Waals surface area contributed by atoms with Crippen LogP contribution in [0.25, 0.3) is 15.9 Å². The third kappa shape index (κ3) is 1.91. The minimum atomic E-state index is -0.321. The van der Waals surface area contributed by atoms with Gasteiger partial charge < -0.3 is 0 Å². The van der Waals surface area contributed by atoms with E-state index in [0.717, 1.165) is 15.3 Å². The number of thiazole rings is 1. The van der Waals surface area contributed by atoms with Gasteiger partial charge in [-0.3, -0.25) is 10.1 Å². The van der Waals surface area contributed by atoms with E-state index in [1.165, 1.54) is 11.3 Å². The number of allylic oxidation sites excluding steroid dienone is 4. The highest BCUT2D eigenvalue weighted by atomic mass is 32.1. The highest BCUT2D eigenvalue weighted by Crippen LogP contribution is 2.30. The summed E-state index contributed by atoms with van der Waals surface area (Å²) in [6.07, 6.45) is 6.47. The number of fused-ring (bicyclic) bond motifs is 1. The van der Waals surface area contributed by atoms with Crippen molar-refractivity contribution in [1.29, 1.82) is 0 Å². The number of rotatable bonds is 2. The van der Waals surface area contributed by atoms with Crippen LogP contribution in [0.4, 0.5) is 0 Å². The van der Waals surface area contributed by atoms with Crippen molar-refractivity contribution in [3.05, 3.63) is 51.3 Å². The van der Waals surface area contributed by atoms with Crippen molar-refractivity contribution in [3.63, 3.8) is 0 Å². The smallest absolute Gasteiger partial charge is 0.247 e. The van der Waals surface area contributed by atoms with Crippen LogP contribution in [0.15, 0.2) is 36.2 Å². The normalized spacial score (nSPS) is 15.3. The van der Waals surface area contributed by atoms with E-state index in [4.69, 9.17) is 0 Å². The summed E-state index contributed by atoms with van der Waals surface area (Å²) in [4.78, 5) is 19.0. The van der Waals surface area contributed by atoms with Gasteiger partial charge in [0.1, 0.15) is 5.01 Å². The van der Waals surface area contributed by atoms with Crippen LogP contribution >= 0.6 is 11.3 Å². The van der Waals surface area contributed by atoms with Gasteiger partial charge in [-0.25, -0.2) is 9.97 Å². The van der Waals surface area contributed by atoms with Crippen LogP contribution < -0.4 is 0 Å². The van der Waals surface area contributed by atoms with Gasteiger partial charge in [-0.15, -0.1) is 11.3 Å². The summed E-state index contributed by atoms with van der Waals surface area (Å²) in [5, 5.41) is 11.6. The fourth-order valence-corrected chi connectivity index (χ4v) is 2.81. The van der Waals surface area contributed by atoms with E-state index in [-0.39, 0.29) is 10.6 Å². The van der Waals surface area contributed by atoms with Gasteiger partial charge in [0.05, 0.1) is 9.62 Å². The lowest BCUT2D eigenvalue weighted by molar-refractivity contribution is -0.427.